The number of amides is 1. The van der Waals surface area contributed by atoms with Gasteiger partial charge in [0.15, 0.2) is 0 Å². The molecule has 1 saturated heterocycles. The molecule has 0 spiro atoms. The second kappa shape index (κ2) is 1.97. The molecule has 56 valence electrons. The SMILES string of the molecule is CC(=O)N1C[C@H]2CC[C@H]2C1. The van der Waals surface area contributed by atoms with Gasteiger partial charge >= 0.3 is 0 Å². The van der Waals surface area contributed by atoms with E-state index in [1.807, 2.05) is 4.90 Å². The molecule has 1 saturated carbocycles. The summed E-state index contributed by atoms with van der Waals surface area (Å²) in [7, 11) is 0. The summed E-state index contributed by atoms with van der Waals surface area (Å²) in [6, 6.07) is 0. The Bertz CT molecular complexity index is 155. The van der Waals surface area contributed by atoms with E-state index in [1.165, 1.54) is 12.8 Å². The second-order valence-corrected chi connectivity index (χ2v) is 3.52. The Morgan fingerprint density at radius 2 is 1.80 bits per heavy atom. The minimum atomic E-state index is 0.259. The molecule has 1 amide bonds. The third kappa shape index (κ3) is 0.746. The van der Waals surface area contributed by atoms with Gasteiger partial charge in [0.25, 0.3) is 0 Å². The fourth-order valence-corrected chi connectivity index (χ4v) is 2.02. The second-order valence-electron chi connectivity index (χ2n) is 3.52. The normalized spacial score (nSPS) is 37.1. The van der Waals surface area contributed by atoms with Gasteiger partial charge in [0, 0.05) is 20.0 Å². The minimum absolute atomic E-state index is 0.259. The van der Waals surface area contributed by atoms with Gasteiger partial charge in [-0.1, -0.05) is 0 Å². The van der Waals surface area contributed by atoms with Gasteiger partial charge in [-0.15, -0.1) is 0 Å². The van der Waals surface area contributed by atoms with Crippen molar-refractivity contribution >= 4 is 5.91 Å². The molecule has 2 fully saturated rings. The van der Waals surface area contributed by atoms with E-state index >= 15 is 0 Å². The van der Waals surface area contributed by atoms with Gasteiger partial charge < -0.3 is 4.90 Å². The topological polar surface area (TPSA) is 20.3 Å². The Balaban J connectivity index is 1.98. The number of likely N-dealkylation sites (tertiary alicyclic amines) is 1. The van der Waals surface area contributed by atoms with E-state index in [1.54, 1.807) is 6.92 Å². The molecule has 0 unspecified atom stereocenters. The Kier molecular flexibility index (Phi) is 1.22. The smallest absolute Gasteiger partial charge is 0.219 e. The maximum Gasteiger partial charge on any atom is 0.219 e. The minimum Gasteiger partial charge on any atom is -0.342 e. The first-order valence-electron chi connectivity index (χ1n) is 4.03. The zero-order valence-corrected chi connectivity index (χ0v) is 6.34. The number of fused-ring (bicyclic) bond motifs is 1. The fourth-order valence-electron chi connectivity index (χ4n) is 2.02. The molecule has 0 bridgehead atoms. The molecule has 10 heavy (non-hydrogen) atoms. The van der Waals surface area contributed by atoms with Crippen molar-refractivity contribution in [2.75, 3.05) is 13.1 Å². The molecule has 2 nitrogen and oxygen atoms in total. The number of rotatable bonds is 0. The summed E-state index contributed by atoms with van der Waals surface area (Å²) >= 11 is 0. The lowest BCUT2D eigenvalue weighted by molar-refractivity contribution is -0.127. The Morgan fingerprint density at radius 1 is 1.30 bits per heavy atom. The molecule has 0 N–H and O–H groups in total. The van der Waals surface area contributed by atoms with Crippen LogP contribution in [-0.4, -0.2) is 23.9 Å². The molecule has 1 aliphatic heterocycles. The number of nitrogens with zero attached hydrogens (tertiary/aromatic N) is 1. The van der Waals surface area contributed by atoms with Crippen molar-refractivity contribution in [2.24, 2.45) is 11.8 Å². The lowest BCUT2D eigenvalue weighted by Gasteiger charge is -2.27. The quantitative estimate of drug-likeness (QED) is 0.487. The predicted molar refractivity (Wildman–Crippen MR) is 38.5 cm³/mol. The molecule has 2 rings (SSSR count). The molecular weight excluding hydrogens is 126 g/mol. The van der Waals surface area contributed by atoms with Crippen molar-refractivity contribution in [2.45, 2.75) is 19.8 Å². The van der Waals surface area contributed by atoms with Gasteiger partial charge in [0.2, 0.25) is 5.91 Å². The number of carbonyl (C=O) groups excluding carboxylic acids is 1. The summed E-state index contributed by atoms with van der Waals surface area (Å²) in [4.78, 5) is 12.9. The van der Waals surface area contributed by atoms with Crippen LogP contribution < -0.4 is 0 Å². The third-order valence-corrected chi connectivity index (χ3v) is 2.93. The van der Waals surface area contributed by atoms with E-state index in [2.05, 4.69) is 0 Å². The van der Waals surface area contributed by atoms with Gasteiger partial charge in [0.1, 0.15) is 0 Å². The average molecular weight is 139 g/mol. The largest absolute Gasteiger partial charge is 0.342 e. The molecule has 0 radical (unpaired) electrons. The van der Waals surface area contributed by atoms with Crippen LogP contribution >= 0.6 is 0 Å². The average Bonchev–Trinajstić information content (AvgIpc) is 2.09. The summed E-state index contributed by atoms with van der Waals surface area (Å²) in [6.07, 6.45) is 2.71. The lowest BCUT2D eigenvalue weighted by Crippen LogP contribution is -2.25. The van der Waals surface area contributed by atoms with Crippen molar-refractivity contribution < 1.29 is 4.79 Å². The zero-order valence-electron chi connectivity index (χ0n) is 6.34. The summed E-state index contributed by atoms with van der Waals surface area (Å²) < 4.78 is 0. The predicted octanol–water partition coefficient (Wildman–Crippen LogP) is 0.875. The van der Waals surface area contributed by atoms with Gasteiger partial charge in [-0.25, -0.2) is 0 Å². The molecule has 2 atom stereocenters. The highest BCUT2D eigenvalue weighted by Gasteiger charge is 2.39. The van der Waals surface area contributed by atoms with Crippen LogP contribution in [0.2, 0.25) is 0 Å². The summed E-state index contributed by atoms with van der Waals surface area (Å²) in [5.41, 5.74) is 0. The van der Waals surface area contributed by atoms with E-state index in [0.717, 1.165) is 24.9 Å². The summed E-state index contributed by atoms with van der Waals surface area (Å²) in [6.45, 7) is 3.75. The number of carbonyl (C=O) groups is 1. The van der Waals surface area contributed by atoms with Crippen LogP contribution in [0.1, 0.15) is 19.8 Å². The van der Waals surface area contributed by atoms with Gasteiger partial charge in [-0.05, 0) is 24.7 Å². The van der Waals surface area contributed by atoms with Crippen LogP contribution in [-0.2, 0) is 4.79 Å². The monoisotopic (exact) mass is 139 g/mol. The fraction of sp³-hybridized carbons (Fsp3) is 0.875. The standard InChI is InChI=1S/C8H13NO/c1-6(10)9-4-7-2-3-8(7)5-9/h7-8H,2-5H2,1H3/t7-,8+. The Morgan fingerprint density at radius 3 is 2.10 bits per heavy atom. The number of hydrogen-bond donors (Lipinski definition) is 0. The highest BCUT2D eigenvalue weighted by Crippen LogP contribution is 2.40. The van der Waals surface area contributed by atoms with E-state index in [0.29, 0.717) is 0 Å². The molecule has 0 aromatic rings. The first-order valence-corrected chi connectivity index (χ1v) is 4.03. The molecule has 0 aromatic carbocycles. The van der Waals surface area contributed by atoms with E-state index in [4.69, 9.17) is 0 Å². The molecule has 2 heteroatoms. The summed E-state index contributed by atoms with van der Waals surface area (Å²) in [5.74, 6) is 1.99. The Labute approximate surface area is 61.2 Å². The van der Waals surface area contributed by atoms with Crippen LogP contribution in [0, 0.1) is 11.8 Å². The lowest BCUT2D eigenvalue weighted by atomic mass is 9.77. The van der Waals surface area contributed by atoms with Gasteiger partial charge in [-0.3, -0.25) is 4.79 Å². The van der Waals surface area contributed by atoms with Crippen LogP contribution in [0.25, 0.3) is 0 Å². The first kappa shape index (κ1) is 6.20. The van der Waals surface area contributed by atoms with Crippen LogP contribution in [0.4, 0.5) is 0 Å². The molecular formula is C8H13NO. The molecule has 0 aromatic heterocycles. The third-order valence-electron chi connectivity index (χ3n) is 2.93. The molecule has 2 aliphatic rings. The van der Waals surface area contributed by atoms with E-state index in [9.17, 15) is 4.79 Å². The van der Waals surface area contributed by atoms with Crippen molar-refractivity contribution in [3.8, 4) is 0 Å². The molecule has 1 aliphatic carbocycles. The van der Waals surface area contributed by atoms with E-state index < -0.39 is 0 Å². The molecule has 1 heterocycles. The van der Waals surface area contributed by atoms with Crippen molar-refractivity contribution in [3.05, 3.63) is 0 Å². The maximum absolute atomic E-state index is 10.9. The van der Waals surface area contributed by atoms with Gasteiger partial charge in [-0.2, -0.15) is 0 Å². The first-order chi connectivity index (χ1) is 4.77. The van der Waals surface area contributed by atoms with Crippen LogP contribution in [0.5, 0.6) is 0 Å². The Hall–Kier alpha value is -0.530. The zero-order chi connectivity index (χ0) is 7.14. The highest BCUT2D eigenvalue weighted by atomic mass is 16.2. The van der Waals surface area contributed by atoms with E-state index in [-0.39, 0.29) is 5.91 Å². The summed E-state index contributed by atoms with van der Waals surface area (Å²) in [5, 5.41) is 0. The highest BCUT2D eigenvalue weighted by molar-refractivity contribution is 5.73. The van der Waals surface area contributed by atoms with Crippen molar-refractivity contribution in [3.63, 3.8) is 0 Å². The van der Waals surface area contributed by atoms with Crippen molar-refractivity contribution in [1.29, 1.82) is 0 Å². The number of hydrogen-bond acceptors (Lipinski definition) is 1. The van der Waals surface area contributed by atoms with Crippen LogP contribution in [0.3, 0.4) is 0 Å². The van der Waals surface area contributed by atoms with Crippen molar-refractivity contribution in [1.82, 2.24) is 4.90 Å². The maximum atomic E-state index is 10.9. The van der Waals surface area contributed by atoms with Crippen LogP contribution in [0.15, 0.2) is 0 Å². The van der Waals surface area contributed by atoms with Gasteiger partial charge in [0.05, 0.1) is 0 Å².